The fourth-order valence-corrected chi connectivity index (χ4v) is 1.53. The van der Waals surface area contributed by atoms with Crippen molar-refractivity contribution < 1.29 is 0 Å². The molecule has 1 rings (SSSR count). The highest BCUT2D eigenvalue weighted by Crippen LogP contribution is 2.23. The Hall–Kier alpha value is -0.850. The Labute approximate surface area is 109 Å². The first-order valence-electron chi connectivity index (χ1n) is 6.92. The normalized spacial score (nSPS) is 9.71. The molecule has 0 unspecified atom stereocenters. The molecule has 1 heteroatoms. The van der Waals surface area contributed by atoms with E-state index in [2.05, 4.69) is 51.7 Å². The third-order valence-corrected chi connectivity index (χ3v) is 2.23. The van der Waals surface area contributed by atoms with E-state index in [1.54, 1.807) is 0 Å². The molecule has 0 aliphatic heterocycles. The highest BCUT2D eigenvalue weighted by Gasteiger charge is 2.17. The van der Waals surface area contributed by atoms with Crippen LogP contribution in [0.5, 0.6) is 0 Å². The van der Waals surface area contributed by atoms with Crippen molar-refractivity contribution in [3.8, 4) is 0 Å². The summed E-state index contributed by atoms with van der Waals surface area (Å²) in [5.41, 5.74) is 3.88. The van der Waals surface area contributed by atoms with Gasteiger partial charge in [0.2, 0.25) is 0 Å². The molecule has 0 aromatic carbocycles. The van der Waals surface area contributed by atoms with Gasteiger partial charge in [-0.25, -0.2) is 0 Å². The largest absolute Gasteiger partial charge is 0.257 e. The van der Waals surface area contributed by atoms with Crippen LogP contribution in [0, 0.1) is 6.92 Å². The standard InChI is InChI=1S/C12H19N.2C2H6/c1-6-10-8-7-9(2)11(13-10)12(3,4)5;2*1-2/h7-8H,6H2,1-5H3;2*1-2H3. The predicted molar refractivity (Wildman–Crippen MR) is 79.7 cm³/mol. The Kier molecular flexibility index (Phi) is 10.0. The molecule has 0 aliphatic carbocycles. The molecule has 0 spiro atoms. The van der Waals surface area contributed by atoms with Crippen LogP contribution in [-0.2, 0) is 11.8 Å². The molecule has 1 aromatic rings. The topological polar surface area (TPSA) is 12.9 Å². The third-order valence-electron chi connectivity index (χ3n) is 2.23. The van der Waals surface area contributed by atoms with Gasteiger partial charge in [-0.2, -0.15) is 0 Å². The van der Waals surface area contributed by atoms with E-state index in [9.17, 15) is 0 Å². The van der Waals surface area contributed by atoms with Crippen LogP contribution >= 0.6 is 0 Å². The maximum absolute atomic E-state index is 4.66. The molecule has 1 heterocycles. The number of hydrogen-bond acceptors (Lipinski definition) is 1. The van der Waals surface area contributed by atoms with E-state index >= 15 is 0 Å². The molecule has 100 valence electrons. The van der Waals surface area contributed by atoms with Crippen molar-refractivity contribution in [1.82, 2.24) is 4.98 Å². The van der Waals surface area contributed by atoms with Crippen molar-refractivity contribution in [2.24, 2.45) is 0 Å². The van der Waals surface area contributed by atoms with Gasteiger partial charge in [-0.05, 0) is 25.0 Å². The quantitative estimate of drug-likeness (QED) is 0.645. The summed E-state index contributed by atoms with van der Waals surface area (Å²) in [6.07, 6.45) is 1.02. The SMILES string of the molecule is CC.CC.CCc1ccc(C)c(C(C)(C)C)n1. The van der Waals surface area contributed by atoms with E-state index in [4.69, 9.17) is 0 Å². The second kappa shape index (κ2) is 9.21. The van der Waals surface area contributed by atoms with Crippen molar-refractivity contribution in [2.45, 2.75) is 74.1 Å². The summed E-state index contributed by atoms with van der Waals surface area (Å²) in [7, 11) is 0. The van der Waals surface area contributed by atoms with Crippen LogP contribution in [0.3, 0.4) is 0 Å². The van der Waals surface area contributed by atoms with Gasteiger partial charge in [0.15, 0.2) is 0 Å². The number of aryl methyl sites for hydroxylation is 2. The molecule has 0 aliphatic rings. The molecule has 0 saturated heterocycles. The first kappa shape index (κ1) is 18.5. The molecule has 0 bridgehead atoms. The first-order chi connectivity index (χ1) is 7.95. The summed E-state index contributed by atoms with van der Waals surface area (Å²) in [6, 6.07) is 4.29. The fraction of sp³-hybridized carbons (Fsp3) is 0.688. The van der Waals surface area contributed by atoms with E-state index in [-0.39, 0.29) is 5.41 Å². The van der Waals surface area contributed by atoms with Crippen molar-refractivity contribution in [3.05, 3.63) is 29.1 Å². The molecule has 0 fully saturated rings. The second-order valence-corrected chi connectivity index (χ2v) is 4.57. The molecule has 0 radical (unpaired) electrons. The average Bonchev–Trinajstić information content (AvgIpc) is 2.33. The zero-order valence-electron chi connectivity index (χ0n) is 13.3. The fourth-order valence-electron chi connectivity index (χ4n) is 1.53. The smallest absolute Gasteiger partial charge is 0.0489 e. The van der Waals surface area contributed by atoms with Crippen LogP contribution in [0.15, 0.2) is 12.1 Å². The highest BCUT2D eigenvalue weighted by molar-refractivity contribution is 5.27. The van der Waals surface area contributed by atoms with Crippen molar-refractivity contribution in [2.75, 3.05) is 0 Å². The highest BCUT2D eigenvalue weighted by atomic mass is 14.7. The minimum absolute atomic E-state index is 0.162. The summed E-state index contributed by atoms with van der Waals surface area (Å²) in [5, 5.41) is 0. The average molecular weight is 237 g/mol. The molecule has 1 aromatic heterocycles. The summed E-state index contributed by atoms with van der Waals surface area (Å²) < 4.78 is 0. The number of rotatable bonds is 1. The number of aromatic nitrogens is 1. The van der Waals surface area contributed by atoms with E-state index in [0.29, 0.717) is 0 Å². The molecule has 1 nitrogen and oxygen atoms in total. The summed E-state index contributed by atoms with van der Waals surface area (Å²) in [6.45, 7) is 18.9. The van der Waals surface area contributed by atoms with Gasteiger partial charge in [0.25, 0.3) is 0 Å². The Bertz CT molecular complexity index is 295. The Balaban J connectivity index is 0. The van der Waals surface area contributed by atoms with Crippen LogP contribution in [0.2, 0.25) is 0 Å². The molecule has 17 heavy (non-hydrogen) atoms. The first-order valence-corrected chi connectivity index (χ1v) is 6.92. The zero-order chi connectivity index (χ0) is 14.1. The molecule has 0 amide bonds. The van der Waals surface area contributed by atoms with Crippen molar-refractivity contribution >= 4 is 0 Å². The van der Waals surface area contributed by atoms with Crippen LogP contribution in [-0.4, -0.2) is 4.98 Å². The maximum atomic E-state index is 4.66. The van der Waals surface area contributed by atoms with Crippen LogP contribution in [0.25, 0.3) is 0 Å². The summed E-state index contributed by atoms with van der Waals surface area (Å²) in [4.78, 5) is 4.66. The number of hydrogen-bond donors (Lipinski definition) is 0. The van der Waals surface area contributed by atoms with E-state index < -0.39 is 0 Å². The Morgan fingerprint density at radius 2 is 1.47 bits per heavy atom. The van der Waals surface area contributed by atoms with Gasteiger partial charge in [-0.3, -0.25) is 4.98 Å². The second-order valence-electron chi connectivity index (χ2n) is 4.57. The Morgan fingerprint density at radius 1 is 1.00 bits per heavy atom. The van der Waals surface area contributed by atoms with Gasteiger partial charge in [-0.1, -0.05) is 61.5 Å². The lowest BCUT2D eigenvalue weighted by atomic mass is 9.88. The van der Waals surface area contributed by atoms with Crippen LogP contribution in [0.1, 0.15) is 72.3 Å². The van der Waals surface area contributed by atoms with Gasteiger partial charge in [0.1, 0.15) is 0 Å². The lowest BCUT2D eigenvalue weighted by Gasteiger charge is -2.20. The van der Waals surface area contributed by atoms with E-state index in [0.717, 1.165) is 6.42 Å². The van der Waals surface area contributed by atoms with Crippen LogP contribution in [0.4, 0.5) is 0 Å². The zero-order valence-corrected chi connectivity index (χ0v) is 13.3. The summed E-state index contributed by atoms with van der Waals surface area (Å²) in [5.74, 6) is 0. The van der Waals surface area contributed by atoms with Gasteiger partial charge in [-0.15, -0.1) is 0 Å². The lowest BCUT2D eigenvalue weighted by Crippen LogP contribution is -2.16. The minimum atomic E-state index is 0.162. The minimum Gasteiger partial charge on any atom is -0.257 e. The van der Waals surface area contributed by atoms with E-state index in [1.807, 2.05) is 27.7 Å². The number of pyridine rings is 1. The molecule has 0 N–H and O–H groups in total. The van der Waals surface area contributed by atoms with Crippen LogP contribution < -0.4 is 0 Å². The van der Waals surface area contributed by atoms with Gasteiger partial charge < -0.3 is 0 Å². The van der Waals surface area contributed by atoms with E-state index in [1.165, 1.54) is 17.0 Å². The monoisotopic (exact) mass is 237 g/mol. The van der Waals surface area contributed by atoms with Gasteiger partial charge in [0, 0.05) is 16.8 Å². The van der Waals surface area contributed by atoms with Gasteiger partial charge in [0.05, 0.1) is 0 Å². The molecule has 0 saturated carbocycles. The lowest BCUT2D eigenvalue weighted by molar-refractivity contribution is 0.561. The molecular weight excluding hydrogens is 206 g/mol. The maximum Gasteiger partial charge on any atom is 0.0489 e. The van der Waals surface area contributed by atoms with Crippen molar-refractivity contribution in [1.29, 1.82) is 0 Å². The number of nitrogens with zero attached hydrogens (tertiary/aromatic N) is 1. The Morgan fingerprint density at radius 3 is 1.82 bits per heavy atom. The third kappa shape index (κ3) is 6.45. The molecular formula is C16H31N. The summed E-state index contributed by atoms with van der Waals surface area (Å²) >= 11 is 0. The predicted octanol–water partition coefficient (Wildman–Crippen LogP) is 5.30. The van der Waals surface area contributed by atoms with Crippen molar-refractivity contribution in [3.63, 3.8) is 0 Å². The van der Waals surface area contributed by atoms with Gasteiger partial charge >= 0.3 is 0 Å². The molecule has 0 atom stereocenters.